The van der Waals surface area contributed by atoms with E-state index in [-0.39, 0.29) is 11.3 Å². The van der Waals surface area contributed by atoms with Gasteiger partial charge in [0.05, 0.1) is 28.9 Å². The first-order valence-corrected chi connectivity index (χ1v) is 14.2. The van der Waals surface area contributed by atoms with E-state index in [1.807, 2.05) is 25.3 Å². The summed E-state index contributed by atoms with van der Waals surface area (Å²) < 4.78 is 25.9. The quantitative estimate of drug-likeness (QED) is 0.285. The molecule has 37 heavy (non-hydrogen) atoms. The van der Waals surface area contributed by atoms with Gasteiger partial charge < -0.3 is 15.7 Å². The Hall–Kier alpha value is -3.42. The summed E-state index contributed by atoms with van der Waals surface area (Å²) in [5, 5.41) is 23.1. The molecule has 0 atom stereocenters. The van der Waals surface area contributed by atoms with Crippen LogP contribution >= 0.6 is 11.3 Å². The summed E-state index contributed by atoms with van der Waals surface area (Å²) in [5.74, 6) is 1.40. The molecule has 0 unspecified atom stereocenters. The fraction of sp³-hybridized carbons (Fsp3) is 0.375. The molecular formula is C24H28N8O3S2. The molecule has 1 saturated carbocycles. The number of hydrogen-bond acceptors (Lipinski definition) is 11. The number of anilines is 3. The SMILES string of the molecule is CC(C)Nc1cc(Nc2ccnc(-c3cnn(S(=O)(=O)C4CC4)c3)n2)ncc1-c1csc(C(C)(C)O)n1. The Bertz CT molecular complexity index is 1540. The van der Waals surface area contributed by atoms with Gasteiger partial charge in [-0.3, -0.25) is 0 Å². The Morgan fingerprint density at radius 1 is 1.16 bits per heavy atom. The highest BCUT2D eigenvalue weighted by Gasteiger charge is 2.37. The van der Waals surface area contributed by atoms with Crippen LogP contribution < -0.4 is 10.6 Å². The Labute approximate surface area is 219 Å². The molecule has 4 aromatic rings. The van der Waals surface area contributed by atoms with E-state index in [9.17, 15) is 13.5 Å². The minimum Gasteiger partial charge on any atom is -0.383 e. The first-order valence-electron chi connectivity index (χ1n) is 11.9. The van der Waals surface area contributed by atoms with Gasteiger partial charge in [0, 0.05) is 41.1 Å². The molecule has 0 aromatic carbocycles. The maximum Gasteiger partial charge on any atom is 0.256 e. The molecule has 194 valence electrons. The van der Waals surface area contributed by atoms with E-state index < -0.39 is 15.6 Å². The molecule has 0 aliphatic heterocycles. The molecule has 1 aliphatic rings. The minimum absolute atomic E-state index is 0.162. The molecule has 5 rings (SSSR count). The highest BCUT2D eigenvalue weighted by atomic mass is 32.2. The van der Waals surface area contributed by atoms with Crippen molar-refractivity contribution in [3.8, 4) is 22.6 Å². The van der Waals surface area contributed by atoms with Crippen molar-refractivity contribution < 1.29 is 13.5 Å². The number of aliphatic hydroxyl groups is 1. The van der Waals surface area contributed by atoms with Gasteiger partial charge in [0.25, 0.3) is 10.0 Å². The number of aromatic nitrogens is 6. The molecule has 4 heterocycles. The van der Waals surface area contributed by atoms with Crippen LogP contribution in [0.5, 0.6) is 0 Å². The van der Waals surface area contributed by atoms with Crippen LogP contribution in [0.3, 0.4) is 0 Å². The van der Waals surface area contributed by atoms with Crippen molar-refractivity contribution in [3.63, 3.8) is 0 Å². The molecule has 1 fully saturated rings. The summed E-state index contributed by atoms with van der Waals surface area (Å²) in [6, 6.07) is 3.74. The van der Waals surface area contributed by atoms with Crippen LogP contribution in [0.4, 0.5) is 17.3 Å². The van der Waals surface area contributed by atoms with Crippen LogP contribution in [-0.4, -0.2) is 53.9 Å². The van der Waals surface area contributed by atoms with Crippen molar-refractivity contribution in [2.24, 2.45) is 0 Å². The fourth-order valence-electron chi connectivity index (χ4n) is 3.61. The lowest BCUT2D eigenvalue weighted by Gasteiger charge is -2.16. The topological polar surface area (TPSA) is 148 Å². The zero-order valence-electron chi connectivity index (χ0n) is 20.9. The molecule has 0 radical (unpaired) electrons. The van der Waals surface area contributed by atoms with Crippen LogP contribution in [0.1, 0.15) is 45.5 Å². The molecule has 4 aromatic heterocycles. The lowest BCUT2D eigenvalue weighted by atomic mass is 10.1. The fourth-order valence-corrected chi connectivity index (χ4v) is 5.93. The van der Waals surface area contributed by atoms with Crippen LogP contribution in [0.2, 0.25) is 0 Å². The van der Waals surface area contributed by atoms with Crippen LogP contribution in [-0.2, 0) is 15.6 Å². The smallest absolute Gasteiger partial charge is 0.256 e. The lowest BCUT2D eigenvalue weighted by molar-refractivity contribution is 0.0783. The molecule has 13 heteroatoms. The highest BCUT2D eigenvalue weighted by Crippen LogP contribution is 2.34. The van der Waals surface area contributed by atoms with Gasteiger partial charge in [-0.15, -0.1) is 11.3 Å². The van der Waals surface area contributed by atoms with E-state index in [0.717, 1.165) is 21.0 Å². The van der Waals surface area contributed by atoms with Gasteiger partial charge in [0.1, 0.15) is 22.2 Å². The highest BCUT2D eigenvalue weighted by molar-refractivity contribution is 7.90. The van der Waals surface area contributed by atoms with E-state index >= 15 is 0 Å². The molecular weight excluding hydrogens is 512 g/mol. The zero-order valence-corrected chi connectivity index (χ0v) is 22.5. The van der Waals surface area contributed by atoms with Crippen molar-refractivity contribution in [2.45, 2.75) is 57.4 Å². The third kappa shape index (κ3) is 5.48. The van der Waals surface area contributed by atoms with Crippen molar-refractivity contribution in [1.29, 1.82) is 0 Å². The van der Waals surface area contributed by atoms with Crippen LogP contribution in [0, 0.1) is 0 Å². The van der Waals surface area contributed by atoms with Gasteiger partial charge >= 0.3 is 0 Å². The second-order valence-electron chi connectivity index (χ2n) is 9.75. The third-order valence-electron chi connectivity index (χ3n) is 5.59. The van der Waals surface area contributed by atoms with Gasteiger partial charge in [0.15, 0.2) is 5.82 Å². The van der Waals surface area contributed by atoms with Gasteiger partial charge in [-0.1, -0.05) is 0 Å². The molecule has 1 aliphatic carbocycles. The Balaban J connectivity index is 1.41. The van der Waals surface area contributed by atoms with Gasteiger partial charge in [-0.2, -0.15) is 9.19 Å². The van der Waals surface area contributed by atoms with Crippen LogP contribution in [0.15, 0.2) is 42.3 Å². The number of hydrogen-bond donors (Lipinski definition) is 3. The van der Waals surface area contributed by atoms with Gasteiger partial charge in [-0.25, -0.2) is 28.4 Å². The molecule has 0 amide bonds. The Kier molecular flexibility index (Phi) is 6.46. The second-order valence-corrected chi connectivity index (χ2v) is 12.7. The maximum absolute atomic E-state index is 12.5. The van der Waals surface area contributed by atoms with Gasteiger partial charge in [0.2, 0.25) is 0 Å². The molecule has 0 spiro atoms. The number of thiazole rings is 1. The van der Waals surface area contributed by atoms with Crippen molar-refractivity contribution in [2.75, 3.05) is 10.6 Å². The van der Waals surface area contributed by atoms with E-state index in [1.54, 1.807) is 32.3 Å². The summed E-state index contributed by atoms with van der Waals surface area (Å²) in [4.78, 5) is 18.0. The monoisotopic (exact) mass is 540 g/mol. The van der Waals surface area contributed by atoms with Crippen LogP contribution in [0.25, 0.3) is 22.6 Å². The molecule has 0 saturated heterocycles. The van der Waals surface area contributed by atoms with E-state index in [2.05, 4.69) is 35.7 Å². The predicted octanol–water partition coefficient (Wildman–Crippen LogP) is 3.99. The van der Waals surface area contributed by atoms with E-state index in [0.29, 0.717) is 40.9 Å². The minimum atomic E-state index is -3.46. The Morgan fingerprint density at radius 2 is 1.95 bits per heavy atom. The molecule has 0 bridgehead atoms. The molecule has 3 N–H and O–H groups in total. The molecule has 11 nitrogen and oxygen atoms in total. The first kappa shape index (κ1) is 25.2. The number of pyridine rings is 1. The largest absolute Gasteiger partial charge is 0.383 e. The predicted molar refractivity (Wildman–Crippen MR) is 143 cm³/mol. The summed E-state index contributed by atoms with van der Waals surface area (Å²) >= 11 is 1.40. The number of nitrogens with one attached hydrogen (secondary N) is 2. The lowest BCUT2D eigenvalue weighted by Crippen LogP contribution is -2.17. The van der Waals surface area contributed by atoms with E-state index in [1.165, 1.54) is 23.7 Å². The normalized spacial score (nSPS) is 14.2. The van der Waals surface area contributed by atoms with Gasteiger partial charge in [-0.05, 0) is 46.6 Å². The average molecular weight is 541 g/mol. The zero-order chi connectivity index (χ0) is 26.4. The third-order valence-corrected chi connectivity index (χ3v) is 8.78. The Morgan fingerprint density at radius 3 is 2.62 bits per heavy atom. The maximum atomic E-state index is 12.5. The second kappa shape index (κ2) is 9.47. The van der Waals surface area contributed by atoms with E-state index in [4.69, 9.17) is 0 Å². The number of rotatable bonds is 9. The summed E-state index contributed by atoms with van der Waals surface area (Å²) in [6.07, 6.45) is 7.54. The summed E-state index contributed by atoms with van der Waals surface area (Å²) in [5.41, 5.74) is 1.86. The summed E-state index contributed by atoms with van der Waals surface area (Å²) in [6.45, 7) is 7.50. The first-order chi connectivity index (χ1) is 17.5. The standard InChI is InChI=1S/C24H28N8O3S2/c1-14(2)28-18-9-21(26-11-17(18)19-13-36-23(29-19)24(3,4)33)30-20-7-8-25-22(31-20)15-10-27-32(12-15)37(34,35)16-5-6-16/h7-14,16,33H,5-6H2,1-4H3,(H2,25,26,28,30,31). The van der Waals surface area contributed by atoms with Crippen molar-refractivity contribution >= 4 is 38.7 Å². The average Bonchev–Trinajstić information content (AvgIpc) is 3.36. The van der Waals surface area contributed by atoms with Crippen molar-refractivity contribution in [1.82, 2.24) is 29.1 Å². The van der Waals surface area contributed by atoms with Crippen molar-refractivity contribution in [3.05, 3.63) is 47.3 Å². The summed E-state index contributed by atoms with van der Waals surface area (Å²) in [7, 11) is -3.46. The number of nitrogens with zero attached hydrogens (tertiary/aromatic N) is 6.